The van der Waals surface area contributed by atoms with Crippen LogP contribution in [0.1, 0.15) is 5.69 Å². The first-order valence-corrected chi connectivity index (χ1v) is 5.18. The Morgan fingerprint density at radius 3 is 2.87 bits per heavy atom. The Bertz CT molecular complexity index is 440. The summed E-state index contributed by atoms with van der Waals surface area (Å²) in [6.07, 6.45) is 1.70. The summed E-state index contributed by atoms with van der Waals surface area (Å²) in [6, 6.07) is 7.20. The van der Waals surface area contributed by atoms with Gasteiger partial charge in [0, 0.05) is 11.2 Å². The van der Waals surface area contributed by atoms with Crippen molar-refractivity contribution in [2.45, 2.75) is 6.54 Å². The van der Waals surface area contributed by atoms with Gasteiger partial charge in [-0.25, -0.2) is 0 Å². The smallest absolute Gasteiger partial charge is 0.0638 e. The molecule has 0 aliphatic heterocycles. The Morgan fingerprint density at radius 1 is 1.27 bits per heavy atom. The highest BCUT2D eigenvalue weighted by atomic mass is 35.5. The lowest BCUT2D eigenvalue weighted by Gasteiger charge is -2.07. The van der Waals surface area contributed by atoms with Gasteiger partial charge >= 0.3 is 0 Å². The Kier molecular flexibility index (Phi) is 3.14. The van der Waals surface area contributed by atoms with Gasteiger partial charge in [-0.3, -0.25) is 5.10 Å². The summed E-state index contributed by atoms with van der Waals surface area (Å²) in [7, 11) is 0. The minimum Gasteiger partial charge on any atom is -0.378 e. The second-order valence-electron chi connectivity index (χ2n) is 3.06. The zero-order valence-corrected chi connectivity index (χ0v) is 9.31. The highest BCUT2D eigenvalue weighted by Crippen LogP contribution is 2.25. The Hall–Kier alpha value is -1.19. The molecule has 0 fully saturated rings. The van der Waals surface area contributed by atoms with Crippen molar-refractivity contribution in [3.05, 3.63) is 46.2 Å². The number of hydrogen-bond acceptors (Lipinski definition) is 2. The molecule has 0 spiro atoms. The van der Waals surface area contributed by atoms with Gasteiger partial charge in [0.2, 0.25) is 0 Å². The van der Waals surface area contributed by atoms with Crippen LogP contribution >= 0.6 is 23.2 Å². The highest BCUT2D eigenvalue weighted by molar-refractivity contribution is 6.35. The Balaban J connectivity index is 2.07. The number of nitrogens with one attached hydrogen (secondary N) is 2. The third kappa shape index (κ3) is 2.64. The number of benzene rings is 1. The molecule has 0 saturated carbocycles. The second kappa shape index (κ2) is 4.55. The first-order valence-electron chi connectivity index (χ1n) is 4.43. The van der Waals surface area contributed by atoms with Crippen molar-refractivity contribution < 1.29 is 0 Å². The van der Waals surface area contributed by atoms with Gasteiger partial charge in [-0.1, -0.05) is 23.2 Å². The van der Waals surface area contributed by atoms with E-state index in [2.05, 4.69) is 15.5 Å². The summed E-state index contributed by atoms with van der Waals surface area (Å²) < 4.78 is 0. The van der Waals surface area contributed by atoms with Gasteiger partial charge in [0.05, 0.1) is 22.9 Å². The van der Waals surface area contributed by atoms with Crippen LogP contribution in [0.5, 0.6) is 0 Å². The summed E-state index contributed by atoms with van der Waals surface area (Å²) in [5.74, 6) is 0. The monoisotopic (exact) mass is 241 g/mol. The summed E-state index contributed by atoms with van der Waals surface area (Å²) in [6.45, 7) is 0.639. The molecule has 3 nitrogen and oxygen atoms in total. The van der Waals surface area contributed by atoms with E-state index in [0.717, 1.165) is 11.4 Å². The minimum atomic E-state index is 0.639. The fraction of sp³-hybridized carbons (Fsp3) is 0.100. The molecule has 0 aliphatic carbocycles. The van der Waals surface area contributed by atoms with Crippen LogP contribution in [0.4, 0.5) is 5.69 Å². The lowest BCUT2D eigenvalue weighted by atomic mass is 10.3. The van der Waals surface area contributed by atoms with Crippen molar-refractivity contribution >= 4 is 28.9 Å². The van der Waals surface area contributed by atoms with Gasteiger partial charge in [-0.2, -0.15) is 5.10 Å². The van der Waals surface area contributed by atoms with Gasteiger partial charge in [0.1, 0.15) is 0 Å². The van der Waals surface area contributed by atoms with E-state index in [1.165, 1.54) is 0 Å². The van der Waals surface area contributed by atoms with E-state index in [0.29, 0.717) is 16.6 Å². The first-order chi connectivity index (χ1) is 7.25. The summed E-state index contributed by atoms with van der Waals surface area (Å²) in [5, 5.41) is 11.2. The van der Waals surface area contributed by atoms with Gasteiger partial charge in [-0.15, -0.1) is 0 Å². The maximum absolute atomic E-state index is 5.99. The molecule has 0 atom stereocenters. The van der Waals surface area contributed by atoms with Crippen molar-refractivity contribution in [3.63, 3.8) is 0 Å². The van der Waals surface area contributed by atoms with Crippen LogP contribution < -0.4 is 5.32 Å². The third-order valence-corrected chi connectivity index (χ3v) is 2.52. The molecule has 2 aromatic rings. The fourth-order valence-corrected chi connectivity index (χ4v) is 1.56. The van der Waals surface area contributed by atoms with Gasteiger partial charge in [0.15, 0.2) is 0 Å². The molecule has 0 amide bonds. The number of hydrogen-bond donors (Lipinski definition) is 2. The van der Waals surface area contributed by atoms with Crippen molar-refractivity contribution in [3.8, 4) is 0 Å². The van der Waals surface area contributed by atoms with E-state index in [9.17, 15) is 0 Å². The minimum absolute atomic E-state index is 0.639. The second-order valence-corrected chi connectivity index (χ2v) is 3.90. The first kappa shape index (κ1) is 10.3. The molecule has 5 heteroatoms. The Labute approximate surface area is 97.4 Å². The summed E-state index contributed by atoms with van der Waals surface area (Å²) in [5.41, 5.74) is 1.81. The van der Waals surface area contributed by atoms with E-state index in [4.69, 9.17) is 23.2 Å². The van der Waals surface area contributed by atoms with Gasteiger partial charge < -0.3 is 5.32 Å². The highest BCUT2D eigenvalue weighted by Gasteiger charge is 2.01. The zero-order chi connectivity index (χ0) is 10.7. The molecule has 0 bridgehead atoms. The molecular formula is C10H9Cl2N3. The molecule has 15 heavy (non-hydrogen) atoms. The van der Waals surface area contributed by atoms with E-state index in [-0.39, 0.29) is 0 Å². The topological polar surface area (TPSA) is 40.7 Å². The van der Waals surface area contributed by atoms with E-state index in [1.807, 2.05) is 6.07 Å². The number of aromatic amines is 1. The molecule has 1 aromatic carbocycles. The van der Waals surface area contributed by atoms with Gasteiger partial charge in [0.25, 0.3) is 0 Å². The molecule has 78 valence electrons. The largest absolute Gasteiger partial charge is 0.378 e. The lowest BCUT2D eigenvalue weighted by Crippen LogP contribution is -2.00. The molecule has 0 saturated heterocycles. The predicted octanol–water partition coefficient (Wildman–Crippen LogP) is 3.33. The van der Waals surface area contributed by atoms with Crippen molar-refractivity contribution in [1.82, 2.24) is 10.2 Å². The standard InChI is InChI=1S/C10H9Cl2N3/c11-7-1-2-9(12)10(5-7)13-6-8-3-4-14-15-8/h1-5,13H,6H2,(H,14,15). The fourth-order valence-electron chi connectivity index (χ4n) is 1.21. The molecular weight excluding hydrogens is 233 g/mol. The molecule has 2 rings (SSSR count). The van der Waals surface area contributed by atoms with E-state index in [1.54, 1.807) is 24.4 Å². The average molecular weight is 242 g/mol. The molecule has 2 N–H and O–H groups in total. The quantitative estimate of drug-likeness (QED) is 0.866. The van der Waals surface area contributed by atoms with Crippen LogP contribution in [0.25, 0.3) is 0 Å². The van der Waals surface area contributed by atoms with E-state index >= 15 is 0 Å². The molecule has 0 radical (unpaired) electrons. The molecule has 0 aliphatic rings. The number of H-pyrrole nitrogens is 1. The Morgan fingerprint density at radius 2 is 2.13 bits per heavy atom. The van der Waals surface area contributed by atoms with E-state index < -0.39 is 0 Å². The van der Waals surface area contributed by atoms with Crippen molar-refractivity contribution in [2.24, 2.45) is 0 Å². The molecule has 1 heterocycles. The maximum Gasteiger partial charge on any atom is 0.0638 e. The van der Waals surface area contributed by atoms with Crippen LogP contribution in [-0.2, 0) is 6.54 Å². The summed E-state index contributed by atoms with van der Waals surface area (Å²) in [4.78, 5) is 0. The molecule has 1 aromatic heterocycles. The van der Waals surface area contributed by atoms with Crippen molar-refractivity contribution in [1.29, 1.82) is 0 Å². The lowest BCUT2D eigenvalue weighted by molar-refractivity contribution is 0.981. The molecule has 0 unspecified atom stereocenters. The normalized spacial score (nSPS) is 10.3. The zero-order valence-electron chi connectivity index (χ0n) is 7.80. The van der Waals surface area contributed by atoms with Crippen molar-refractivity contribution in [2.75, 3.05) is 5.32 Å². The summed E-state index contributed by atoms with van der Waals surface area (Å²) >= 11 is 11.8. The number of aromatic nitrogens is 2. The van der Waals surface area contributed by atoms with Crippen LogP contribution in [0, 0.1) is 0 Å². The van der Waals surface area contributed by atoms with Crippen LogP contribution in [-0.4, -0.2) is 10.2 Å². The van der Waals surface area contributed by atoms with Crippen LogP contribution in [0.3, 0.4) is 0 Å². The average Bonchev–Trinajstić information content (AvgIpc) is 2.72. The van der Waals surface area contributed by atoms with Crippen LogP contribution in [0.2, 0.25) is 10.0 Å². The predicted molar refractivity (Wildman–Crippen MR) is 62.4 cm³/mol. The maximum atomic E-state index is 5.99. The van der Waals surface area contributed by atoms with Gasteiger partial charge in [-0.05, 0) is 24.3 Å². The number of nitrogens with zero attached hydrogens (tertiary/aromatic N) is 1. The van der Waals surface area contributed by atoms with Crippen LogP contribution in [0.15, 0.2) is 30.5 Å². The number of rotatable bonds is 3. The number of halogens is 2. The number of anilines is 1. The third-order valence-electron chi connectivity index (χ3n) is 1.96. The SMILES string of the molecule is Clc1ccc(Cl)c(NCc2ccn[nH]2)c1.